The Labute approximate surface area is 423 Å². The predicted molar refractivity (Wildman–Crippen MR) is 255 cm³/mol. The van der Waals surface area contributed by atoms with Crippen molar-refractivity contribution < 1.29 is 83.1 Å². The van der Waals surface area contributed by atoms with Crippen molar-refractivity contribution in [1.82, 2.24) is 52.5 Å². The van der Waals surface area contributed by atoms with Gasteiger partial charge in [0.05, 0.1) is 49.5 Å². The van der Waals surface area contributed by atoms with Gasteiger partial charge in [-0.15, -0.1) is 0 Å². The third-order valence-corrected chi connectivity index (χ3v) is 11.0. The van der Waals surface area contributed by atoms with Crippen molar-refractivity contribution in [2.75, 3.05) is 0 Å². The molecule has 1 aromatic heterocycles. The lowest BCUT2D eigenvalue weighted by Crippen LogP contribution is -2.62. The largest absolute Gasteiger partial charge is 0.481 e. The van der Waals surface area contributed by atoms with Gasteiger partial charge in [0, 0.05) is 19.0 Å². The second-order valence-corrected chi connectivity index (χ2v) is 17.9. The predicted octanol–water partition coefficient (Wildman–Crippen LogP) is -5.62. The van der Waals surface area contributed by atoms with Gasteiger partial charge in [0.2, 0.25) is 53.2 Å². The molecule has 0 radical (unpaired) electrons. The van der Waals surface area contributed by atoms with Crippen molar-refractivity contribution in [2.24, 2.45) is 23.3 Å². The Hall–Kier alpha value is -8.05. The summed E-state index contributed by atoms with van der Waals surface area (Å²) in [7, 11) is 0. The van der Waals surface area contributed by atoms with Crippen LogP contribution in [0.1, 0.15) is 72.1 Å². The highest BCUT2D eigenvalue weighted by atomic mass is 16.4. The maximum Gasteiger partial charge on any atom is 0.328 e. The summed E-state index contributed by atoms with van der Waals surface area (Å²) in [6.45, 7) is 8.50. The van der Waals surface area contributed by atoms with E-state index in [0.717, 1.165) is 6.92 Å². The van der Waals surface area contributed by atoms with Crippen LogP contribution in [-0.4, -0.2) is 173 Å². The molecular formula is C45H66N12O17. The van der Waals surface area contributed by atoms with E-state index in [1.165, 1.54) is 33.3 Å². The number of carbonyl (C=O) groups is 12. The van der Waals surface area contributed by atoms with Crippen LogP contribution in [0, 0.1) is 11.8 Å². The zero-order valence-corrected chi connectivity index (χ0v) is 41.3. The maximum atomic E-state index is 14.1. The van der Waals surface area contributed by atoms with Gasteiger partial charge in [-0.05, 0) is 31.2 Å². The van der Waals surface area contributed by atoms with E-state index in [1.807, 2.05) is 5.32 Å². The Bertz CT molecular complexity index is 2310. The average molecular weight is 1050 g/mol. The van der Waals surface area contributed by atoms with Gasteiger partial charge < -0.3 is 84.5 Å². The molecular weight excluding hydrogens is 981 g/mol. The number of aliphatic carboxylic acids is 3. The number of aliphatic hydroxyl groups excluding tert-OH is 2. The summed E-state index contributed by atoms with van der Waals surface area (Å²) in [5.74, 6) is -16.7. The number of hydrogen-bond acceptors (Lipinski definition) is 16. The lowest BCUT2D eigenvalue weighted by atomic mass is 9.99. The minimum atomic E-state index is -2.05. The second kappa shape index (κ2) is 29.5. The fourth-order valence-corrected chi connectivity index (χ4v) is 6.79. The minimum absolute atomic E-state index is 0.0878. The molecule has 29 heteroatoms. The second-order valence-electron chi connectivity index (χ2n) is 17.9. The summed E-state index contributed by atoms with van der Waals surface area (Å²) >= 11 is 0. The Morgan fingerprint density at radius 3 is 1.36 bits per heavy atom. The standard InChI is InChI=1S/C45H66N12O17/c1-19(2)33(47)42(70)56-35(21(5)58)44(72)53-25(12-23-10-8-7-9-11-23)40(68)55-34(20(3)4)43(71)54-28(15-31(61)62)39(67)51-27(14-30(46)60)38(66)50-26(13-24-17-48-18-49-24)37(65)52-29(16-32(63)64)41(69)57-36(22(6)59)45(73)74/h7-11,17-22,25-29,33-36,58-59H,12-16,47H2,1-6H3,(H2,46,60)(H,48,49)(H,50,66)(H,51,67)(H,52,65)(H,53,72)(H,54,71)(H,55,68)(H,56,70)(H,57,69)(H,61,62)(H,63,64)(H,73,74). The minimum Gasteiger partial charge on any atom is -0.481 e. The third-order valence-electron chi connectivity index (χ3n) is 11.0. The van der Waals surface area contributed by atoms with Gasteiger partial charge in [-0.1, -0.05) is 58.0 Å². The molecule has 1 heterocycles. The van der Waals surface area contributed by atoms with Crippen molar-refractivity contribution in [3.63, 3.8) is 0 Å². The van der Waals surface area contributed by atoms with E-state index < -0.39 is 169 Å². The van der Waals surface area contributed by atoms with Gasteiger partial charge >= 0.3 is 17.9 Å². The van der Waals surface area contributed by atoms with E-state index in [0.29, 0.717) is 5.56 Å². The fraction of sp³-hybridized carbons (Fsp3) is 0.533. The number of carboxylic acid groups (broad SMARTS) is 3. The van der Waals surface area contributed by atoms with Crippen LogP contribution in [0.15, 0.2) is 42.9 Å². The number of hydrogen-bond donors (Lipinski definition) is 16. The molecule has 1 aromatic carbocycles. The number of imidazole rings is 1. The Kier molecular flexibility index (Phi) is 24.7. The number of carboxylic acids is 3. The molecule has 11 unspecified atom stereocenters. The van der Waals surface area contributed by atoms with Gasteiger partial charge in [-0.2, -0.15) is 0 Å². The highest BCUT2D eigenvalue weighted by Gasteiger charge is 2.38. The van der Waals surface area contributed by atoms with Crippen LogP contribution in [-0.2, 0) is 70.4 Å². The number of aromatic nitrogens is 2. The molecule has 408 valence electrons. The first kappa shape index (κ1) is 62.1. The van der Waals surface area contributed by atoms with Crippen LogP contribution < -0.4 is 54.0 Å². The summed E-state index contributed by atoms with van der Waals surface area (Å²) in [6.07, 6.45) is -4.69. The van der Waals surface area contributed by atoms with E-state index in [4.69, 9.17) is 11.5 Å². The van der Waals surface area contributed by atoms with Crippen LogP contribution in [0.25, 0.3) is 0 Å². The molecule has 0 fully saturated rings. The quantitative estimate of drug-likeness (QED) is 0.0335. The van der Waals surface area contributed by atoms with E-state index in [9.17, 15) is 83.1 Å². The van der Waals surface area contributed by atoms with Crippen molar-refractivity contribution in [2.45, 2.75) is 140 Å². The topological polar surface area (TPSA) is 483 Å². The highest BCUT2D eigenvalue weighted by Crippen LogP contribution is 2.11. The van der Waals surface area contributed by atoms with E-state index in [-0.39, 0.29) is 18.0 Å². The Morgan fingerprint density at radius 2 is 0.919 bits per heavy atom. The van der Waals surface area contributed by atoms with E-state index >= 15 is 0 Å². The molecule has 0 spiro atoms. The SMILES string of the molecule is CC(C)C(N)C(=O)NC(C(=O)NC(Cc1ccccc1)C(=O)NC(C(=O)NC(CC(=O)O)C(=O)NC(CC(N)=O)C(=O)NC(Cc1c[nH]cn1)C(=O)NC(CC(=O)O)C(=O)NC(C(=O)O)C(C)O)C(C)C)C(C)O. The molecule has 0 aliphatic heterocycles. The molecule has 0 saturated heterocycles. The zero-order valence-electron chi connectivity index (χ0n) is 41.3. The number of carbonyl (C=O) groups excluding carboxylic acids is 9. The monoisotopic (exact) mass is 1050 g/mol. The number of nitrogens with zero attached hydrogens (tertiary/aromatic N) is 1. The first-order valence-corrected chi connectivity index (χ1v) is 23.0. The number of primary amides is 1. The molecule has 9 amide bonds. The molecule has 0 saturated carbocycles. The maximum absolute atomic E-state index is 14.1. The molecule has 2 rings (SSSR count). The number of aromatic amines is 1. The molecule has 2 aromatic rings. The van der Waals surface area contributed by atoms with Crippen molar-refractivity contribution >= 4 is 71.1 Å². The highest BCUT2D eigenvalue weighted by molar-refractivity contribution is 6.00. The molecule has 0 bridgehead atoms. The number of benzene rings is 1. The fourth-order valence-electron chi connectivity index (χ4n) is 6.79. The third kappa shape index (κ3) is 20.6. The number of aliphatic hydroxyl groups is 2. The molecule has 74 heavy (non-hydrogen) atoms. The normalized spacial score (nSPS) is 15.6. The Morgan fingerprint density at radius 1 is 0.514 bits per heavy atom. The summed E-state index contributed by atoms with van der Waals surface area (Å²) in [5, 5.41) is 66.9. The van der Waals surface area contributed by atoms with Crippen molar-refractivity contribution in [3.05, 3.63) is 54.1 Å². The van der Waals surface area contributed by atoms with Gasteiger partial charge in [0.1, 0.15) is 42.3 Å². The van der Waals surface area contributed by atoms with Gasteiger partial charge in [-0.3, -0.25) is 52.7 Å². The van der Waals surface area contributed by atoms with Crippen LogP contribution >= 0.6 is 0 Å². The molecule has 29 nitrogen and oxygen atoms in total. The zero-order chi connectivity index (χ0) is 56.1. The molecule has 0 aliphatic carbocycles. The summed E-state index contributed by atoms with van der Waals surface area (Å²) in [4.78, 5) is 163. The number of rotatable bonds is 31. The van der Waals surface area contributed by atoms with Crippen LogP contribution in [0.5, 0.6) is 0 Å². The lowest BCUT2D eigenvalue weighted by molar-refractivity contribution is -0.146. The van der Waals surface area contributed by atoms with Crippen LogP contribution in [0.2, 0.25) is 0 Å². The molecule has 11 atom stereocenters. The number of nitrogens with one attached hydrogen (secondary N) is 9. The van der Waals surface area contributed by atoms with Gasteiger partial charge in [-0.25, -0.2) is 9.78 Å². The average Bonchev–Trinajstić information content (AvgIpc) is 3.82. The molecule has 0 aliphatic rings. The smallest absolute Gasteiger partial charge is 0.328 e. The molecule has 18 N–H and O–H groups in total. The summed E-state index contributed by atoms with van der Waals surface area (Å²) in [6, 6.07) is -7.31. The lowest BCUT2D eigenvalue weighted by Gasteiger charge is -2.29. The van der Waals surface area contributed by atoms with Crippen molar-refractivity contribution in [3.8, 4) is 0 Å². The van der Waals surface area contributed by atoms with Crippen LogP contribution in [0.3, 0.4) is 0 Å². The summed E-state index contributed by atoms with van der Waals surface area (Å²) in [5.41, 5.74) is 11.9. The summed E-state index contributed by atoms with van der Waals surface area (Å²) < 4.78 is 0. The first-order chi connectivity index (χ1) is 34.5. The number of nitrogens with two attached hydrogens (primary N) is 2. The number of amides is 9. The first-order valence-electron chi connectivity index (χ1n) is 23.0. The Balaban J connectivity index is 2.45. The van der Waals surface area contributed by atoms with Crippen LogP contribution in [0.4, 0.5) is 0 Å². The number of H-pyrrole nitrogens is 1. The van der Waals surface area contributed by atoms with Gasteiger partial charge in [0.15, 0.2) is 6.04 Å². The van der Waals surface area contributed by atoms with E-state index in [1.54, 1.807) is 44.2 Å². The van der Waals surface area contributed by atoms with Crippen molar-refractivity contribution in [1.29, 1.82) is 0 Å². The van der Waals surface area contributed by atoms with E-state index in [2.05, 4.69) is 47.2 Å². The van der Waals surface area contributed by atoms with Gasteiger partial charge in [0.25, 0.3) is 0 Å².